The molecular formula is C12H17NS. The third-order valence-electron chi connectivity index (χ3n) is 3.84. The van der Waals surface area contributed by atoms with Gasteiger partial charge in [0.1, 0.15) is 0 Å². The van der Waals surface area contributed by atoms with Crippen LogP contribution in [0.5, 0.6) is 0 Å². The molecule has 1 aromatic heterocycles. The van der Waals surface area contributed by atoms with E-state index in [1.807, 2.05) is 11.3 Å². The van der Waals surface area contributed by atoms with E-state index in [4.69, 9.17) is 0 Å². The Labute approximate surface area is 89.7 Å². The lowest BCUT2D eigenvalue weighted by atomic mass is 9.79. The van der Waals surface area contributed by atoms with Crippen LogP contribution in [0.1, 0.15) is 36.2 Å². The zero-order valence-electron chi connectivity index (χ0n) is 8.70. The second-order valence-electron chi connectivity index (χ2n) is 4.54. The van der Waals surface area contributed by atoms with Gasteiger partial charge in [-0.2, -0.15) is 0 Å². The maximum atomic E-state index is 2.65. The number of nitrogens with zero attached hydrogens (tertiary/aromatic N) is 1. The van der Waals surface area contributed by atoms with E-state index in [0.717, 1.165) is 12.0 Å². The second kappa shape index (κ2) is 3.35. The largest absolute Gasteiger partial charge is 0.297 e. The van der Waals surface area contributed by atoms with Crippen molar-refractivity contribution in [3.8, 4) is 0 Å². The standard InChI is InChI=1S/C12H17NS/c1-2-13-5-3-9-7-11(13)10-4-6-14-12(10)8-9/h4,6,9,11H,2-3,5,7-8H2,1H3. The molecule has 2 aliphatic rings. The lowest BCUT2D eigenvalue weighted by Crippen LogP contribution is -2.39. The molecule has 14 heavy (non-hydrogen) atoms. The van der Waals surface area contributed by atoms with Crippen molar-refractivity contribution in [3.05, 3.63) is 21.9 Å². The molecular weight excluding hydrogens is 190 g/mol. The summed E-state index contributed by atoms with van der Waals surface area (Å²) in [5.74, 6) is 0.981. The molecule has 2 bridgehead atoms. The summed E-state index contributed by atoms with van der Waals surface area (Å²) in [6, 6.07) is 3.11. The fraction of sp³-hybridized carbons (Fsp3) is 0.667. The second-order valence-corrected chi connectivity index (χ2v) is 5.54. The van der Waals surface area contributed by atoms with Gasteiger partial charge in [-0.05, 0) is 55.3 Å². The number of thiophene rings is 1. The Morgan fingerprint density at radius 2 is 2.50 bits per heavy atom. The van der Waals surface area contributed by atoms with Crippen LogP contribution in [0.25, 0.3) is 0 Å². The lowest BCUT2D eigenvalue weighted by Gasteiger charge is -2.42. The third kappa shape index (κ3) is 1.24. The van der Waals surface area contributed by atoms with Crippen LogP contribution in [-0.4, -0.2) is 18.0 Å². The molecule has 2 heterocycles. The highest BCUT2D eigenvalue weighted by Crippen LogP contribution is 2.43. The Morgan fingerprint density at radius 3 is 3.36 bits per heavy atom. The molecule has 1 nitrogen and oxygen atoms in total. The fourth-order valence-corrected chi connectivity index (χ4v) is 4.10. The first-order valence-electron chi connectivity index (χ1n) is 5.68. The summed E-state index contributed by atoms with van der Waals surface area (Å²) >= 11 is 1.97. The highest BCUT2D eigenvalue weighted by molar-refractivity contribution is 7.10. The zero-order chi connectivity index (χ0) is 9.54. The Hall–Kier alpha value is -0.340. The van der Waals surface area contributed by atoms with Crippen LogP contribution in [-0.2, 0) is 6.42 Å². The molecule has 2 unspecified atom stereocenters. The summed E-state index contributed by atoms with van der Waals surface area (Å²) in [6.45, 7) is 4.83. The summed E-state index contributed by atoms with van der Waals surface area (Å²) in [4.78, 5) is 4.32. The Kier molecular flexibility index (Phi) is 2.14. The molecule has 1 aromatic rings. The number of piperidine rings is 1. The van der Waals surface area contributed by atoms with Crippen LogP contribution < -0.4 is 0 Å². The van der Waals surface area contributed by atoms with E-state index in [0.29, 0.717) is 0 Å². The Bertz CT molecular complexity index is 331. The average Bonchev–Trinajstić information content (AvgIpc) is 2.66. The predicted octanol–water partition coefficient (Wildman–Crippen LogP) is 3.08. The summed E-state index contributed by atoms with van der Waals surface area (Å²) in [6.07, 6.45) is 4.19. The molecule has 76 valence electrons. The minimum atomic E-state index is 0.758. The fourth-order valence-electron chi connectivity index (χ4n) is 3.05. The third-order valence-corrected chi connectivity index (χ3v) is 4.80. The van der Waals surface area contributed by atoms with Gasteiger partial charge in [0.2, 0.25) is 0 Å². The van der Waals surface area contributed by atoms with Crippen molar-refractivity contribution in [1.29, 1.82) is 0 Å². The number of fused-ring (bicyclic) bond motifs is 4. The van der Waals surface area contributed by atoms with E-state index < -0.39 is 0 Å². The normalized spacial score (nSPS) is 31.5. The molecule has 0 spiro atoms. The quantitative estimate of drug-likeness (QED) is 0.684. The summed E-state index contributed by atoms with van der Waals surface area (Å²) in [5, 5.41) is 2.28. The van der Waals surface area contributed by atoms with Gasteiger partial charge in [0.25, 0.3) is 0 Å². The first-order chi connectivity index (χ1) is 6.88. The van der Waals surface area contributed by atoms with Crippen molar-refractivity contribution >= 4 is 11.3 Å². The Morgan fingerprint density at radius 1 is 1.57 bits per heavy atom. The van der Waals surface area contributed by atoms with Crippen LogP contribution in [0.2, 0.25) is 0 Å². The van der Waals surface area contributed by atoms with E-state index in [1.165, 1.54) is 32.4 Å². The van der Waals surface area contributed by atoms with Gasteiger partial charge >= 0.3 is 0 Å². The lowest BCUT2D eigenvalue weighted by molar-refractivity contribution is 0.108. The molecule has 0 N–H and O–H groups in total. The van der Waals surface area contributed by atoms with Crippen LogP contribution in [0.15, 0.2) is 11.4 Å². The predicted molar refractivity (Wildman–Crippen MR) is 60.7 cm³/mol. The van der Waals surface area contributed by atoms with Gasteiger partial charge in [-0.15, -0.1) is 11.3 Å². The first kappa shape index (κ1) is 8.93. The summed E-state index contributed by atoms with van der Waals surface area (Å²) in [5.41, 5.74) is 1.65. The molecule has 1 aliphatic carbocycles. The van der Waals surface area contributed by atoms with Gasteiger partial charge in [0.15, 0.2) is 0 Å². The van der Waals surface area contributed by atoms with Gasteiger partial charge in [-0.1, -0.05) is 6.92 Å². The average molecular weight is 207 g/mol. The molecule has 0 aromatic carbocycles. The molecule has 3 rings (SSSR count). The molecule has 2 atom stereocenters. The first-order valence-corrected chi connectivity index (χ1v) is 6.56. The number of rotatable bonds is 1. The Balaban J connectivity index is 1.99. The number of likely N-dealkylation sites (tertiary alicyclic amines) is 1. The van der Waals surface area contributed by atoms with Crippen molar-refractivity contribution in [2.45, 2.75) is 32.2 Å². The van der Waals surface area contributed by atoms with E-state index in [2.05, 4.69) is 23.3 Å². The van der Waals surface area contributed by atoms with Crippen molar-refractivity contribution in [2.24, 2.45) is 5.92 Å². The number of hydrogen-bond acceptors (Lipinski definition) is 2. The molecule has 1 fully saturated rings. The molecule has 0 saturated carbocycles. The van der Waals surface area contributed by atoms with Crippen molar-refractivity contribution in [3.63, 3.8) is 0 Å². The maximum absolute atomic E-state index is 2.65. The minimum absolute atomic E-state index is 0.758. The van der Waals surface area contributed by atoms with Crippen molar-refractivity contribution in [2.75, 3.05) is 13.1 Å². The molecule has 1 saturated heterocycles. The van der Waals surface area contributed by atoms with Gasteiger partial charge in [-0.3, -0.25) is 4.90 Å². The van der Waals surface area contributed by atoms with E-state index in [9.17, 15) is 0 Å². The van der Waals surface area contributed by atoms with Crippen molar-refractivity contribution in [1.82, 2.24) is 4.90 Å². The molecule has 1 aliphatic heterocycles. The van der Waals surface area contributed by atoms with Crippen LogP contribution in [0.4, 0.5) is 0 Å². The minimum Gasteiger partial charge on any atom is -0.297 e. The summed E-state index contributed by atoms with van der Waals surface area (Å²) < 4.78 is 0. The molecule has 0 radical (unpaired) electrons. The maximum Gasteiger partial charge on any atom is 0.0361 e. The SMILES string of the molecule is CCN1CCC2Cc3sccc3C1C2. The molecule has 2 heteroatoms. The van der Waals surface area contributed by atoms with Crippen LogP contribution in [0, 0.1) is 5.92 Å². The smallest absolute Gasteiger partial charge is 0.0361 e. The van der Waals surface area contributed by atoms with Gasteiger partial charge in [0.05, 0.1) is 0 Å². The van der Waals surface area contributed by atoms with E-state index >= 15 is 0 Å². The van der Waals surface area contributed by atoms with Gasteiger partial charge < -0.3 is 0 Å². The van der Waals surface area contributed by atoms with Gasteiger partial charge in [0, 0.05) is 10.9 Å². The van der Waals surface area contributed by atoms with Crippen LogP contribution >= 0.6 is 11.3 Å². The van der Waals surface area contributed by atoms with Crippen molar-refractivity contribution < 1.29 is 0 Å². The van der Waals surface area contributed by atoms with Crippen LogP contribution in [0.3, 0.4) is 0 Å². The van der Waals surface area contributed by atoms with E-state index in [-0.39, 0.29) is 0 Å². The topological polar surface area (TPSA) is 3.24 Å². The number of hydrogen-bond donors (Lipinski definition) is 0. The van der Waals surface area contributed by atoms with Gasteiger partial charge in [-0.25, -0.2) is 0 Å². The molecule has 0 amide bonds. The monoisotopic (exact) mass is 207 g/mol. The summed E-state index contributed by atoms with van der Waals surface area (Å²) in [7, 11) is 0. The highest BCUT2D eigenvalue weighted by atomic mass is 32.1. The zero-order valence-corrected chi connectivity index (χ0v) is 9.52. The van der Waals surface area contributed by atoms with E-state index in [1.54, 1.807) is 10.4 Å². The highest BCUT2D eigenvalue weighted by Gasteiger charge is 2.34.